The van der Waals surface area contributed by atoms with Gasteiger partial charge in [0.2, 0.25) is 10.8 Å². The molecule has 2 atom stereocenters. The van der Waals surface area contributed by atoms with Gasteiger partial charge in [-0.1, -0.05) is 133 Å². The molecule has 2 aliphatic heterocycles. The van der Waals surface area contributed by atoms with Crippen molar-refractivity contribution in [3.05, 3.63) is 191 Å². The fourth-order valence-corrected chi connectivity index (χ4v) is 9.10. The van der Waals surface area contributed by atoms with Crippen molar-refractivity contribution in [2.45, 2.75) is 30.0 Å². The summed E-state index contributed by atoms with van der Waals surface area (Å²) in [4.78, 5) is 26.5. The highest BCUT2D eigenvalue weighted by atomic mass is 32.2. The molecule has 0 bridgehead atoms. The quantitative estimate of drug-likeness (QED) is 0.0680. The zero-order valence-electron chi connectivity index (χ0n) is 32.7. The molecule has 2 aliphatic rings. The van der Waals surface area contributed by atoms with E-state index in [4.69, 9.17) is 14.5 Å². The number of rotatable bonds is 9. The van der Waals surface area contributed by atoms with E-state index in [-0.39, 0.29) is 5.91 Å². The molecule has 2 unspecified atom stereocenters. The smallest absolute Gasteiger partial charge is 0.274 e. The summed E-state index contributed by atoms with van der Waals surface area (Å²) < 4.78 is 6.28. The molecule has 7 aromatic carbocycles. The standard InChI is InChI=1S/C52H42N2O4S/c1-54(43-29-26-41(27-30-43)52-51(57-58-52,56-35-36-59-52)40-19-9-4-10-20-40)34-14-13-23-50(55)53-42-28-33-48-46(31-24-38-15-5-2-6-16-38)44-21-11-12-22-45(44)47(49(48)37-42)32-25-39-17-7-3-8-18-39/h2-12,15-22,26-30,33,37H,13-14,23,34-36H2,1H3,(H,53,55). The van der Waals surface area contributed by atoms with Crippen LogP contribution in [0.2, 0.25) is 0 Å². The average Bonchev–Trinajstić information content (AvgIpc) is 3.28. The van der Waals surface area contributed by atoms with Crippen LogP contribution in [0.15, 0.2) is 158 Å². The molecule has 9 rings (SSSR count). The normalized spacial score (nSPS) is 18.1. The van der Waals surface area contributed by atoms with Crippen molar-refractivity contribution in [2.75, 3.05) is 36.2 Å². The Hall–Kier alpha value is -6.32. The van der Waals surface area contributed by atoms with Gasteiger partial charge in [-0.2, -0.15) is 4.89 Å². The summed E-state index contributed by atoms with van der Waals surface area (Å²) in [7, 11) is 2.08. The molecule has 7 aromatic rings. The number of carbonyl (C=O) groups is 1. The Bertz CT molecular complexity index is 2760. The molecule has 1 N–H and O–H groups in total. The number of carbonyl (C=O) groups excluding carboxylic acids is 1. The summed E-state index contributed by atoms with van der Waals surface area (Å²) in [5, 5.41) is 7.19. The SMILES string of the molecule is CN(CCCCC(=O)Nc1ccc2c(C#Cc3ccccc3)c3ccccc3c(C#Cc3ccccc3)c2c1)c1ccc(C23OOC2(c2ccccc2)OCCS3)cc1. The average molecular weight is 791 g/mol. The minimum atomic E-state index is -0.981. The summed E-state index contributed by atoms with van der Waals surface area (Å²) in [6, 6.07) is 52.8. The fraction of sp³-hybridized carbons (Fsp3) is 0.173. The first-order chi connectivity index (χ1) is 29.0. The highest BCUT2D eigenvalue weighted by Gasteiger charge is 2.70. The van der Waals surface area contributed by atoms with Crippen LogP contribution in [0.3, 0.4) is 0 Å². The van der Waals surface area contributed by atoms with E-state index in [0.717, 1.165) is 91.4 Å². The Morgan fingerprint density at radius 3 is 1.86 bits per heavy atom. The Labute approximate surface area is 349 Å². The van der Waals surface area contributed by atoms with Gasteiger partial charge in [0.25, 0.3) is 5.79 Å². The Morgan fingerprint density at radius 2 is 1.24 bits per heavy atom. The first-order valence-electron chi connectivity index (χ1n) is 20.0. The van der Waals surface area contributed by atoms with E-state index in [2.05, 4.69) is 83.4 Å². The lowest BCUT2D eigenvalue weighted by atomic mass is 9.91. The summed E-state index contributed by atoms with van der Waals surface area (Å²) in [5.41, 5.74) is 7.49. The number of fused-ring (bicyclic) bond motifs is 3. The van der Waals surface area contributed by atoms with Crippen LogP contribution in [0.1, 0.15) is 52.6 Å². The van der Waals surface area contributed by atoms with Crippen molar-refractivity contribution in [2.24, 2.45) is 0 Å². The molecule has 6 nitrogen and oxygen atoms in total. The number of unbranched alkanes of at least 4 members (excludes halogenated alkanes) is 1. The number of ether oxygens (including phenoxy) is 1. The van der Waals surface area contributed by atoms with Gasteiger partial charge in [0.05, 0.1) is 6.61 Å². The van der Waals surface area contributed by atoms with Gasteiger partial charge in [-0.15, -0.1) is 11.8 Å². The molecule has 0 radical (unpaired) electrons. The Kier molecular flexibility index (Phi) is 10.9. The van der Waals surface area contributed by atoms with E-state index in [1.807, 2.05) is 115 Å². The van der Waals surface area contributed by atoms with E-state index in [0.29, 0.717) is 13.0 Å². The molecule has 2 heterocycles. The molecule has 2 saturated heterocycles. The number of thioether (sulfide) groups is 1. The van der Waals surface area contributed by atoms with Gasteiger partial charge in [-0.25, -0.2) is 4.89 Å². The Morgan fingerprint density at radius 1 is 0.644 bits per heavy atom. The highest BCUT2D eigenvalue weighted by molar-refractivity contribution is 8.00. The Balaban J connectivity index is 0.889. The highest BCUT2D eigenvalue weighted by Crippen LogP contribution is 2.63. The van der Waals surface area contributed by atoms with Crippen LogP contribution in [-0.2, 0) is 30.0 Å². The number of amides is 1. The van der Waals surface area contributed by atoms with Crippen molar-refractivity contribution >= 4 is 50.6 Å². The molecule has 1 amide bonds. The lowest BCUT2D eigenvalue weighted by molar-refractivity contribution is -0.605. The van der Waals surface area contributed by atoms with Crippen LogP contribution < -0.4 is 10.2 Å². The summed E-state index contributed by atoms with van der Waals surface area (Å²) in [6.07, 6.45) is 2.02. The van der Waals surface area contributed by atoms with Crippen LogP contribution in [0.25, 0.3) is 21.5 Å². The zero-order valence-corrected chi connectivity index (χ0v) is 33.6. The van der Waals surface area contributed by atoms with Gasteiger partial charge in [-0.3, -0.25) is 4.79 Å². The largest absolute Gasteiger partial charge is 0.375 e. The number of anilines is 2. The maximum atomic E-state index is 13.4. The number of hydrogen-bond acceptors (Lipinski definition) is 6. The predicted octanol–water partition coefficient (Wildman–Crippen LogP) is 10.8. The summed E-state index contributed by atoms with van der Waals surface area (Å²) in [5.74, 6) is 13.5. The third kappa shape index (κ3) is 7.58. The second-order valence-corrected chi connectivity index (χ2v) is 16.0. The topological polar surface area (TPSA) is 60.0 Å². The first kappa shape index (κ1) is 38.2. The van der Waals surface area contributed by atoms with Crippen LogP contribution in [0, 0.1) is 23.7 Å². The number of benzene rings is 7. The van der Waals surface area contributed by atoms with E-state index in [1.165, 1.54) is 0 Å². The van der Waals surface area contributed by atoms with Gasteiger partial charge >= 0.3 is 0 Å². The van der Waals surface area contributed by atoms with Crippen molar-refractivity contribution in [3.63, 3.8) is 0 Å². The number of nitrogens with zero attached hydrogens (tertiary/aromatic N) is 1. The van der Waals surface area contributed by atoms with E-state index in [1.54, 1.807) is 11.8 Å². The van der Waals surface area contributed by atoms with Gasteiger partial charge in [0, 0.05) is 75.9 Å². The van der Waals surface area contributed by atoms with E-state index in [9.17, 15) is 4.79 Å². The minimum Gasteiger partial charge on any atom is -0.375 e. The maximum Gasteiger partial charge on any atom is 0.274 e. The molecular formula is C52H42N2O4S. The molecule has 2 fully saturated rings. The van der Waals surface area contributed by atoms with E-state index >= 15 is 0 Å². The van der Waals surface area contributed by atoms with Gasteiger partial charge < -0.3 is 15.0 Å². The predicted molar refractivity (Wildman–Crippen MR) is 239 cm³/mol. The second-order valence-electron chi connectivity index (χ2n) is 14.7. The van der Waals surface area contributed by atoms with Crippen LogP contribution in [0.5, 0.6) is 0 Å². The second kappa shape index (κ2) is 16.9. The monoisotopic (exact) mass is 790 g/mol. The van der Waals surface area contributed by atoms with Crippen LogP contribution >= 0.6 is 11.8 Å². The van der Waals surface area contributed by atoms with Crippen molar-refractivity contribution in [3.8, 4) is 23.7 Å². The molecule has 0 aliphatic carbocycles. The lowest BCUT2D eigenvalue weighted by Gasteiger charge is -2.57. The molecule has 0 spiro atoms. The molecule has 290 valence electrons. The number of nitrogens with one attached hydrogen (secondary N) is 1. The molecule has 7 heteroatoms. The van der Waals surface area contributed by atoms with Crippen molar-refractivity contribution < 1.29 is 19.3 Å². The lowest BCUT2D eigenvalue weighted by Crippen LogP contribution is -2.64. The first-order valence-corrected chi connectivity index (χ1v) is 21.0. The molecule has 59 heavy (non-hydrogen) atoms. The number of hydrogen-bond donors (Lipinski definition) is 1. The van der Waals surface area contributed by atoms with Gasteiger partial charge in [0.1, 0.15) is 0 Å². The van der Waals surface area contributed by atoms with Crippen molar-refractivity contribution in [1.82, 2.24) is 0 Å². The van der Waals surface area contributed by atoms with Crippen LogP contribution in [-0.4, -0.2) is 31.9 Å². The maximum absolute atomic E-state index is 13.4. The minimum absolute atomic E-state index is 0.0192. The van der Waals surface area contributed by atoms with Crippen LogP contribution in [0.4, 0.5) is 11.4 Å². The van der Waals surface area contributed by atoms with Gasteiger partial charge in [-0.05, 0) is 77.5 Å². The van der Waals surface area contributed by atoms with Gasteiger partial charge in [0.15, 0.2) is 0 Å². The van der Waals surface area contributed by atoms with E-state index < -0.39 is 10.7 Å². The zero-order chi connectivity index (χ0) is 40.1. The third-order valence-corrected chi connectivity index (χ3v) is 12.3. The fourth-order valence-electron chi connectivity index (χ4n) is 7.86. The van der Waals surface area contributed by atoms with Crippen molar-refractivity contribution in [1.29, 1.82) is 0 Å². The molecule has 0 aromatic heterocycles. The molecular weight excluding hydrogens is 749 g/mol. The summed E-state index contributed by atoms with van der Waals surface area (Å²) in [6.45, 7) is 1.39. The summed E-state index contributed by atoms with van der Waals surface area (Å²) >= 11 is 1.71. The third-order valence-electron chi connectivity index (χ3n) is 10.9. The molecule has 0 saturated carbocycles.